The molecule has 0 fully saturated rings. The van der Waals surface area contributed by atoms with Crippen LogP contribution in [-0.2, 0) is 0 Å². The molecule has 0 radical (unpaired) electrons. The highest BCUT2D eigenvalue weighted by atomic mass is 35.5. The third kappa shape index (κ3) is 2.45. The van der Waals surface area contributed by atoms with E-state index in [-0.39, 0.29) is 0 Å². The Morgan fingerprint density at radius 1 is 0.909 bits per heavy atom. The first kappa shape index (κ1) is 9.53. The zero-order valence-electron chi connectivity index (χ0n) is 5.32. The number of alkyl halides is 4. The van der Waals surface area contributed by atoms with Crippen LogP contribution in [0.5, 0.6) is 0 Å². The molecule has 1 N–H and O–H groups in total. The fourth-order valence-corrected chi connectivity index (χ4v) is 1.19. The Morgan fingerprint density at radius 2 is 1.27 bits per heavy atom. The van der Waals surface area contributed by atoms with Crippen LogP contribution < -0.4 is 0 Å². The molecule has 1 rings (SSSR count). The van der Waals surface area contributed by atoms with Gasteiger partial charge in [0.05, 0.1) is 0 Å². The van der Waals surface area contributed by atoms with Gasteiger partial charge in [0.2, 0.25) is 0 Å². The Bertz CT molecular complexity index is 208. The number of H-pyrrole nitrogens is 1. The summed E-state index contributed by atoms with van der Waals surface area (Å²) in [6.07, 6.45) is 0. The first-order valence-electron chi connectivity index (χ1n) is 2.86. The molecule has 11 heavy (non-hydrogen) atoms. The summed E-state index contributed by atoms with van der Waals surface area (Å²) in [5, 5.41) is 0. The molecule has 0 saturated carbocycles. The van der Waals surface area contributed by atoms with Gasteiger partial charge in [-0.15, -0.1) is 0 Å². The minimum atomic E-state index is -0.559. The maximum atomic E-state index is 5.57. The van der Waals surface area contributed by atoms with Gasteiger partial charge in [0, 0.05) is 11.4 Å². The highest BCUT2D eigenvalue weighted by molar-refractivity contribution is 6.44. The number of halogens is 4. The minimum Gasteiger partial charge on any atom is -0.358 e. The van der Waals surface area contributed by atoms with Crippen molar-refractivity contribution in [1.82, 2.24) is 4.98 Å². The van der Waals surface area contributed by atoms with Gasteiger partial charge in [-0.25, -0.2) is 0 Å². The molecule has 1 aromatic rings. The second-order valence-corrected chi connectivity index (χ2v) is 4.16. The standard InChI is InChI=1S/C6H5Cl4N/c7-5(8)3-1-2-4(11-3)6(9)10/h1-2,5-6,11H. The fourth-order valence-electron chi connectivity index (χ4n) is 0.684. The molecule has 0 amide bonds. The first-order chi connectivity index (χ1) is 5.11. The lowest BCUT2D eigenvalue weighted by Crippen LogP contribution is -1.84. The van der Waals surface area contributed by atoms with Crippen molar-refractivity contribution in [2.45, 2.75) is 9.67 Å². The molecule has 0 spiro atoms. The van der Waals surface area contributed by atoms with Gasteiger partial charge < -0.3 is 4.98 Å². The average Bonchev–Trinajstić information content (AvgIpc) is 2.33. The lowest BCUT2D eigenvalue weighted by atomic mass is 10.4. The van der Waals surface area contributed by atoms with E-state index in [9.17, 15) is 0 Å². The molecule has 0 aromatic carbocycles. The molecule has 0 unspecified atom stereocenters. The summed E-state index contributed by atoms with van der Waals surface area (Å²) in [6.45, 7) is 0. The molecule has 0 bridgehead atoms. The van der Waals surface area contributed by atoms with Gasteiger partial charge in [0.15, 0.2) is 0 Å². The van der Waals surface area contributed by atoms with Gasteiger partial charge in [-0.1, -0.05) is 46.4 Å². The maximum absolute atomic E-state index is 5.57. The van der Waals surface area contributed by atoms with E-state index < -0.39 is 9.67 Å². The summed E-state index contributed by atoms with van der Waals surface area (Å²) in [4.78, 5) is 1.77. The number of hydrogen-bond acceptors (Lipinski definition) is 0. The van der Waals surface area contributed by atoms with Gasteiger partial charge in [0.1, 0.15) is 9.67 Å². The van der Waals surface area contributed by atoms with Crippen LogP contribution in [0, 0.1) is 0 Å². The van der Waals surface area contributed by atoms with E-state index in [0.717, 1.165) is 0 Å². The molecule has 1 aromatic heterocycles. The molecule has 0 aliphatic carbocycles. The van der Waals surface area contributed by atoms with Crippen molar-refractivity contribution in [2.24, 2.45) is 0 Å². The van der Waals surface area contributed by atoms with Crippen molar-refractivity contribution in [1.29, 1.82) is 0 Å². The minimum absolute atomic E-state index is 0.559. The van der Waals surface area contributed by atoms with Crippen LogP contribution in [0.1, 0.15) is 21.1 Å². The van der Waals surface area contributed by atoms with E-state index in [2.05, 4.69) is 4.98 Å². The summed E-state index contributed by atoms with van der Waals surface area (Å²) in [5.41, 5.74) is 1.41. The third-order valence-corrected chi connectivity index (χ3v) is 2.14. The summed E-state index contributed by atoms with van der Waals surface area (Å²) in [6, 6.07) is 3.50. The Kier molecular flexibility index (Phi) is 3.38. The molecule has 62 valence electrons. The summed E-state index contributed by atoms with van der Waals surface area (Å²) >= 11 is 22.3. The number of aromatic amines is 1. The average molecular weight is 233 g/mol. The largest absolute Gasteiger partial charge is 0.358 e. The van der Waals surface area contributed by atoms with Crippen LogP contribution in [0.4, 0.5) is 0 Å². The summed E-state index contributed by atoms with van der Waals surface area (Å²) < 4.78 is 0. The van der Waals surface area contributed by atoms with Gasteiger partial charge in [-0.2, -0.15) is 0 Å². The molecule has 0 saturated heterocycles. The van der Waals surface area contributed by atoms with Crippen LogP contribution in [0.3, 0.4) is 0 Å². The van der Waals surface area contributed by atoms with Crippen LogP contribution in [0.25, 0.3) is 0 Å². The van der Waals surface area contributed by atoms with Crippen molar-refractivity contribution < 1.29 is 0 Å². The normalized spacial score (nSPS) is 11.5. The number of hydrogen-bond donors (Lipinski definition) is 1. The highest BCUT2D eigenvalue weighted by Gasteiger charge is 2.09. The molecule has 0 atom stereocenters. The fraction of sp³-hybridized carbons (Fsp3) is 0.333. The SMILES string of the molecule is ClC(Cl)c1ccc(C(Cl)Cl)[nH]1. The van der Waals surface area contributed by atoms with Crippen molar-refractivity contribution >= 4 is 46.4 Å². The zero-order valence-corrected chi connectivity index (χ0v) is 8.34. The Hall–Kier alpha value is 0.440. The van der Waals surface area contributed by atoms with Gasteiger partial charge >= 0.3 is 0 Å². The van der Waals surface area contributed by atoms with Crippen molar-refractivity contribution in [3.05, 3.63) is 23.5 Å². The lowest BCUT2D eigenvalue weighted by molar-refractivity contribution is 1.11. The molecule has 1 nitrogen and oxygen atoms in total. The Labute approximate surface area is 84.6 Å². The number of rotatable bonds is 2. The van der Waals surface area contributed by atoms with Crippen LogP contribution >= 0.6 is 46.4 Å². The third-order valence-electron chi connectivity index (χ3n) is 1.20. The molecule has 0 aliphatic heterocycles. The summed E-state index contributed by atoms with van der Waals surface area (Å²) in [5.74, 6) is 0. The van der Waals surface area contributed by atoms with E-state index in [1.54, 1.807) is 12.1 Å². The van der Waals surface area contributed by atoms with Gasteiger partial charge in [-0.05, 0) is 12.1 Å². The molecular weight excluding hydrogens is 228 g/mol. The summed E-state index contributed by atoms with van der Waals surface area (Å²) in [7, 11) is 0. The zero-order chi connectivity index (χ0) is 8.43. The molecule has 0 aliphatic rings. The Balaban J connectivity index is 2.82. The van der Waals surface area contributed by atoms with E-state index in [1.807, 2.05) is 0 Å². The lowest BCUT2D eigenvalue weighted by Gasteiger charge is -1.97. The molecular formula is C6H5Cl4N. The van der Waals surface area contributed by atoms with Crippen molar-refractivity contribution in [3.63, 3.8) is 0 Å². The van der Waals surface area contributed by atoms with Gasteiger partial charge in [-0.3, -0.25) is 0 Å². The molecule has 1 heterocycles. The Morgan fingerprint density at radius 3 is 1.45 bits per heavy atom. The van der Waals surface area contributed by atoms with Gasteiger partial charge in [0.25, 0.3) is 0 Å². The predicted octanol–water partition coefficient (Wildman–Crippen LogP) is 3.97. The number of nitrogens with one attached hydrogen (secondary N) is 1. The van der Waals surface area contributed by atoms with E-state index in [4.69, 9.17) is 46.4 Å². The van der Waals surface area contributed by atoms with Crippen molar-refractivity contribution in [2.75, 3.05) is 0 Å². The van der Waals surface area contributed by atoms with Crippen LogP contribution in [-0.4, -0.2) is 4.98 Å². The van der Waals surface area contributed by atoms with Crippen LogP contribution in [0.15, 0.2) is 12.1 Å². The monoisotopic (exact) mass is 231 g/mol. The quantitative estimate of drug-likeness (QED) is 0.743. The van der Waals surface area contributed by atoms with E-state index >= 15 is 0 Å². The molecule has 5 heteroatoms. The smallest absolute Gasteiger partial charge is 0.147 e. The highest BCUT2D eigenvalue weighted by Crippen LogP contribution is 2.28. The van der Waals surface area contributed by atoms with E-state index in [0.29, 0.717) is 11.4 Å². The maximum Gasteiger partial charge on any atom is 0.147 e. The first-order valence-corrected chi connectivity index (χ1v) is 4.61. The topological polar surface area (TPSA) is 15.8 Å². The van der Waals surface area contributed by atoms with Crippen molar-refractivity contribution in [3.8, 4) is 0 Å². The van der Waals surface area contributed by atoms with Crippen LogP contribution in [0.2, 0.25) is 0 Å². The second-order valence-electron chi connectivity index (χ2n) is 1.97. The second kappa shape index (κ2) is 3.90. The number of aromatic nitrogens is 1. The predicted molar refractivity (Wildman–Crippen MR) is 49.7 cm³/mol. The van der Waals surface area contributed by atoms with E-state index in [1.165, 1.54) is 0 Å².